The van der Waals surface area contributed by atoms with Gasteiger partial charge in [0.25, 0.3) is 0 Å². The normalized spacial score (nSPS) is 7.69. The van der Waals surface area contributed by atoms with E-state index in [9.17, 15) is 4.79 Å². The molecule has 1 saturated heterocycles. The fourth-order valence-corrected chi connectivity index (χ4v) is 2.97. The van der Waals surface area contributed by atoms with Crippen molar-refractivity contribution in [2.45, 2.75) is 217 Å². The zero-order valence-corrected chi connectivity index (χ0v) is 62.0. The Morgan fingerprint density at radius 3 is 0.708 bits per heavy atom. The average Bonchev–Trinajstić information content (AvgIpc) is 4.14. The zero-order valence-electron chi connectivity index (χ0n) is 62.0. The van der Waals surface area contributed by atoms with Gasteiger partial charge < -0.3 is 95.6 Å². The Labute approximate surface area is 551 Å². The Morgan fingerprint density at radius 1 is 0.427 bits per heavy atom. The summed E-state index contributed by atoms with van der Waals surface area (Å²) in [6, 6.07) is 20.9. The lowest BCUT2D eigenvalue weighted by Crippen LogP contribution is -2.33. The van der Waals surface area contributed by atoms with Crippen LogP contribution >= 0.6 is 0 Å². The molecule has 23 heteroatoms. The van der Waals surface area contributed by atoms with E-state index in [1.165, 1.54) is 84.3 Å². The van der Waals surface area contributed by atoms with Crippen LogP contribution in [0.4, 0.5) is 0 Å². The molecule has 1 fully saturated rings. The van der Waals surface area contributed by atoms with Gasteiger partial charge in [-0.05, 0) is 101 Å². The Bertz CT molecular complexity index is 1200. The summed E-state index contributed by atoms with van der Waals surface area (Å²) in [5, 5.41) is 13.1. The molecule has 1 aliphatic rings. The molecule has 89 heavy (non-hydrogen) atoms. The molecule has 0 bridgehead atoms. The fourth-order valence-electron chi connectivity index (χ4n) is 2.97. The zero-order chi connectivity index (χ0) is 72.2. The predicted octanol–water partition coefficient (Wildman–Crippen LogP) is 14.1. The third-order valence-corrected chi connectivity index (χ3v) is 8.27. The third-order valence-electron chi connectivity index (χ3n) is 8.27. The molecule has 1 aromatic heterocycles. The number of benzene rings is 2. The summed E-state index contributed by atoms with van der Waals surface area (Å²) in [7, 11) is 6.00. The lowest BCUT2D eigenvalue weighted by Gasteiger charge is -2.24. The number of likely N-dealkylation sites (tertiary alicyclic amines) is 1. The monoisotopic (exact) mass is 1290 g/mol. The first-order chi connectivity index (χ1) is 40.4. The van der Waals surface area contributed by atoms with Gasteiger partial charge in [0.2, 0.25) is 5.91 Å². The first-order valence-electron chi connectivity index (χ1n) is 28.4. The SMILES string of the molecule is C.C=O.C=O.C=O.C=O.C=O.C=O.C=O.C=O.C=O.CC.CC(=O)N1CCCCC1.CC(C)C.CCC(C)C.CCC(C)C.CCC(C)C.CCC(C)C.CCc1ccccc1.CCc1ccccc1.CCc1nn[nH]n1.CN.CN.CN.CN.N.N.N.N. The van der Waals surface area contributed by atoms with E-state index in [0.29, 0.717) is 0 Å². The minimum atomic E-state index is 0. The number of nitrogens with one attached hydrogen (secondary N) is 1. The van der Waals surface area contributed by atoms with E-state index in [-0.39, 0.29) is 37.9 Å². The van der Waals surface area contributed by atoms with Crippen LogP contribution in [0.2, 0.25) is 0 Å². The maximum Gasteiger partial charge on any atom is 0.219 e. The van der Waals surface area contributed by atoms with E-state index >= 15 is 0 Å². The van der Waals surface area contributed by atoms with Crippen LogP contribution in [0, 0.1) is 29.6 Å². The second-order valence-electron chi connectivity index (χ2n) is 16.4. The van der Waals surface area contributed by atoms with Gasteiger partial charge in [-0.15, -0.1) is 10.2 Å². The second-order valence-corrected chi connectivity index (χ2v) is 16.4. The van der Waals surface area contributed by atoms with Crippen LogP contribution < -0.4 is 47.5 Å². The molecule has 2 heterocycles. The van der Waals surface area contributed by atoms with Gasteiger partial charge in [0.15, 0.2) is 5.82 Å². The Hall–Kier alpha value is -6.31. The number of aromatic amines is 1. The van der Waals surface area contributed by atoms with Gasteiger partial charge in [-0.25, -0.2) is 0 Å². The van der Waals surface area contributed by atoms with Crippen LogP contribution in [0.5, 0.6) is 0 Å². The van der Waals surface area contributed by atoms with Crippen LogP contribution in [-0.2, 0) is 67.2 Å². The molecule has 1 aliphatic heterocycles. The molecule has 4 rings (SSSR count). The topological polar surface area (TPSA) is 472 Å². The molecule has 2 aromatic carbocycles. The molecule has 1 amide bonds. The number of nitrogens with zero attached hydrogens (tertiary/aromatic N) is 4. The van der Waals surface area contributed by atoms with Gasteiger partial charge >= 0.3 is 0 Å². The maximum atomic E-state index is 10.7. The molecule has 3 aromatic rings. The number of carbonyl (C=O) groups is 10. The summed E-state index contributed by atoms with van der Waals surface area (Å²) in [6.45, 7) is 65.0. The number of amides is 1. The lowest BCUT2D eigenvalue weighted by atomic mass is 10.1. The third kappa shape index (κ3) is 285. The number of H-pyrrole nitrogens is 1. The number of aryl methyl sites for hydroxylation is 3. The molecule has 546 valence electrons. The van der Waals surface area contributed by atoms with Crippen molar-refractivity contribution in [3.05, 3.63) is 77.6 Å². The van der Waals surface area contributed by atoms with Gasteiger partial charge in [-0.2, -0.15) is 5.21 Å². The van der Waals surface area contributed by atoms with Crippen molar-refractivity contribution in [3.63, 3.8) is 0 Å². The van der Waals surface area contributed by atoms with Crippen molar-refractivity contribution < 1.29 is 47.9 Å². The minimum absolute atomic E-state index is 0. The van der Waals surface area contributed by atoms with Crippen LogP contribution in [0.1, 0.15) is 215 Å². The van der Waals surface area contributed by atoms with Gasteiger partial charge in [0, 0.05) is 26.4 Å². The summed E-state index contributed by atoms with van der Waals surface area (Å²) >= 11 is 0. The van der Waals surface area contributed by atoms with Gasteiger partial charge in [-0.3, -0.25) is 4.79 Å². The van der Waals surface area contributed by atoms with Crippen molar-refractivity contribution in [1.29, 1.82) is 0 Å². The van der Waals surface area contributed by atoms with Crippen LogP contribution in [0.3, 0.4) is 0 Å². The largest absolute Gasteiger partial charge is 0.344 e. The number of hydrogen-bond donors (Lipinski definition) is 9. The maximum absolute atomic E-state index is 10.7. The lowest BCUT2D eigenvalue weighted by molar-refractivity contribution is -0.129. The summed E-state index contributed by atoms with van der Waals surface area (Å²) in [6.07, 6.45) is 12.0. The molecule has 23 nitrogen and oxygen atoms in total. The summed E-state index contributed by atoms with van der Waals surface area (Å²) < 4.78 is 0. The highest BCUT2D eigenvalue weighted by Gasteiger charge is 2.11. The molecule has 0 spiro atoms. The summed E-state index contributed by atoms with van der Waals surface area (Å²) in [4.78, 5) is 84.6. The first kappa shape index (κ1) is 160. The molecule has 21 N–H and O–H groups in total. The number of nitrogens with two attached hydrogens (primary N) is 4. The summed E-state index contributed by atoms with van der Waals surface area (Å²) in [5.41, 5.74) is 20.8. The molecule has 0 unspecified atom stereocenters. The van der Waals surface area contributed by atoms with E-state index in [2.05, 4.69) is 210 Å². The average molecular weight is 1290 g/mol. The Morgan fingerprint density at radius 2 is 0.618 bits per heavy atom. The number of rotatable bonds is 7. The predicted molar refractivity (Wildman–Crippen MR) is 395 cm³/mol. The van der Waals surface area contributed by atoms with Crippen molar-refractivity contribution in [1.82, 2.24) is 50.1 Å². The fraction of sp³-hybridized carbons (Fsp3) is 0.652. The molecule has 0 aliphatic carbocycles. The Kier molecular flexibility index (Phi) is 388. The van der Waals surface area contributed by atoms with Crippen LogP contribution in [-0.4, -0.2) is 134 Å². The van der Waals surface area contributed by atoms with Gasteiger partial charge in [-0.1, -0.05) is 237 Å². The van der Waals surface area contributed by atoms with Crippen molar-refractivity contribution >= 4 is 67.0 Å². The Balaban J connectivity index is -0.0000000231. The van der Waals surface area contributed by atoms with Crippen molar-refractivity contribution in [2.75, 3.05) is 41.3 Å². The van der Waals surface area contributed by atoms with Crippen molar-refractivity contribution in [2.24, 2.45) is 52.5 Å². The molecular weight excluding hydrogens is 1130 g/mol. The highest BCUT2D eigenvalue weighted by atomic mass is 16.2. The van der Waals surface area contributed by atoms with Gasteiger partial charge in [0.1, 0.15) is 61.1 Å². The van der Waals surface area contributed by atoms with Gasteiger partial charge in [0.05, 0.1) is 0 Å². The van der Waals surface area contributed by atoms with E-state index < -0.39 is 0 Å². The standard InChI is InChI=1S/2C8H10.C7H13NO.4C5H12.C4H10.C3H6N4.C2H6.4CH5N.9CH2O.CH4.4H3N/c2*1-2-8-6-4-3-5-7-8;1-7(9)8-5-3-2-4-6-8;4*1-4-5(2)3;1-4(2)3;1-2-3-4-6-7-5-3;14*1-2;;;;;/h2*3-7H,2H2,1H3;2-6H2,1H3;4*5H,4H2,1-3H3;4H,1-3H3;2H2,1H3,(H,4,5,6,7);1-2H3;4*2H2,1H3;9*1H2;1H4;4*1H3. The number of aromatic nitrogens is 4. The molecule has 0 radical (unpaired) electrons. The number of hydrogen-bond acceptors (Lipinski definition) is 21. The van der Waals surface area contributed by atoms with E-state index in [4.69, 9.17) is 43.2 Å². The molecule has 0 atom stereocenters. The quantitative estimate of drug-likeness (QED) is 0.106. The first-order valence-corrected chi connectivity index (χ1v) is 28.4. The van der Waals surface area contributed by atoms with E-state index in [1.807, 2.05) is 98.9 Å². The highest BCUT2D eigenvalue weighted by molar-refractivity contribution is 5.73. The molecular formula is C66H157N13O10. The van der Waals surface area contributed by atoms with E-state index in [1.54, 1.807) is 6.92 Å². The summed E-state index contributed by atoms with van der Waals surface area (Å²) in [5.74, 6) is 5.37. The minimum Gasteiger partial charge on any atom is -0.344 e. The van der Waals surface area contributed by atoms with Crippen molar-refractivity contribution in [3.8, 4) is 0 Å². The second kappa shape index (κ2) is 215. The highest BCUT2D eigenvalue weighted by Crippen LogP contribution is 2.07. The number of tetrazole rings is 1. The molecule has 0 saturated carbocycles. The van der Waals surface area contributed by atoms with Crippen LogP contribution in [0.25, 0.3) is 0 Å². The van der Waals surface area contributed by atoms with Crippen LogP contribution in [0.15, 0.2) is 60.7 Å². The van der Waals surface area contributed by atoms with E-state index in [0.717, 1.165) is 67.8 Å². The number of carbonyl (C=O) groups excluding carboxylic acids is 10. The number of piperidine rings is 1. The smallest absolute Gasteiger partial charge is 0.219 e.